The van der Waals surface area contributed by atoms with Crippen LogP contribution in [0, 0.1) is 0 Å². The van der Waals surface area contributed by atoms with Gasteiger partial charge in [0, 0.05) is 30.9 Å². The van der Waals surface area contributed by atoms with Crippen LogP contribution in [0.25, 0.3) is 0 Å². The first kappa shape index (κ1) is 18.3. The van der Waals surface area contributed by atoms with Gasteiger partial charge in [0.25, 0.3) is 0 Å². The number of carbonyl (C=O) groups is 1. The molecule has 6 nitrogen and oxygen atoms in total. The van der Waals surface area contributed by atoms with Gasteiger partial charge in [-0.15, -0.1) is 0 Å². The number of halogens is 1. The normalized spacial score (nSPS) is 21.0. The highest BCUT2D eigenvalue weighted by Crippen LogP contribution is 2.30. The molecule has 2 amide bonds. The molecule has 2 fully saturated rings. The molecule has 2 aliphatic heterocycles. The Hall–Kier alpha value is -1.50. The van der Waals surface area contributed by atoms with Gasteiger partial charge in [0.2, 0.25) is 0 Å². The van der Waals surface area contributed by atoms with E-state index < -0.39 is 0 Å². The first-order chi connectivity index (χ1) is 12.0. The Morgan fingerprint density at radius 3 is 2.76 bits per heavy atom. The largest absolute Gasteiger partial charge is 0.495 e. The van der Waals surface area contributed by atoms with Crippen molar-refractivity contribution in [3.05, 3.63) is 23.2 Å². The van der Waals surface area contributed by atoms with E-state index in [4.69, 9.17) is 16.3 Å². The van der Waals surface area contributed by atoms with E-state index in [0.717, 1.165) is 52.0 Å². The number of likely N-dealkylation sites (N-methyl/N-ethyl adjacent to an activating group) is 1. The van der Waals surface area contributed by atoms with Crippen molar-refractivity contribution in [1.82, 2.24) is 15.1 Å². The third-order valence-corrected chi connectivity index (χ3v) is 5.74. The van der Waals surface area contributed by atoms with Crippen molar-refractivity contribution in [3.63, 3.8) is 0 Å². The number of amides is 2. The van der Waals surface area contributed by atoms with E-state index in [-0.39, 0.29) is 11.6 Å². The summed E-state index contributed by atoms with van der Waals surface area (Å²) >= 11 is 6.16. The molecule has 0 aromatic heterocycles. The van der Waals surface area contributed by atoms with Crippen LogP contribution < -0.4 is 15.4 Å². The molecule has 7 heteroatoms. The summed E-state index contributed by atoms with van der Waals surface area (Å²) in [7, 11) is 3.77. The van der Waals surface area contributed by atoms with Crippen LogP contribution in [0.15, 0.2) is 18.2 Å². The van der Waals surface area contributed by atoms with Crippen LogP contribution in [0.1, 0.15) is 19.3 Å². The zero-order chi connectivity index (χ0) is 17.9. The number of hydrogen-bond donors (Lipinski definition) is 2. The lowest BCUT2D eigenvalue weighted by Gasteiger charge is -2.45. The average Bonchev–Trinajstić information content (AvgIpc) is 2.76. The molecule has 1 spiro atoms. The van der Waals surface area contributed by atoms with Gasteiger partial charge >= 0.3 is 6.03 Å². The van der Waals surface area contributed by atoms with Crippen LogP contribution in [-0.4, -0.2) is 68.3 Å². The molecule has 0 bridgehead atoms. The highest BCUT2D eigenvalue weighted by molar-refractivity contribution is 6.32. The topological polar surface area (TPSA) is 56.8 Å². The maximum Gasteiger partial charge on any atom is 0.321 e. The summed E-state index contributed by atoms with van der Waals surface area (Å²) in [5, 5.41) is 6.90. The molecule has 0 unspecified atom stereocenters. The summed E-state index contributed by atoms with van der Waals surface area (Å²) in [6.07, 6.45) is 3.13. The lowest BCUT2D eigenvalue weighted by Crippen LogP contribution is -2.58. The van der Waals surface area contributed by atoms with Crippen LogP contribution in [0.3, 0.4) is 0 Å². The molecular formula is C18H27ClN4O2. The lowest BCUT2D eigenvalue weighted by atomic mass is 9.86. The lowest BCUT2D eigenvalue weighted by molar-refractivity contribution is 0.0744. The van der Waals surface area contributed by atoms with E-state index in [0.29, 0.717) is 16.5 Å². The zero-order valence-corrected chi connectivity index (χ0v) is 15.7. The summed E-state index contributed by atoms with van der Waals surface area (Å²) in [4.78, 5) is 17.2. The molecule has 3 rings (SSSR count). The SMILES string of the molecule is COc1ccc(NC(=O)N2CCCN(C)C3(CCNCC3)C2)cc1Cl. The molecular weight excluding hydrogens is 340 g/mol. The van der Waals surface area contributed by atoms with Crippen molar-refractivity contribution >= 4 is 23.3 Å². The number of rotatable bonds is 2. The predicted molar refractivity (Wildman–Crippen MR) is 101 cm³/mol. The standard InChI is InChI=1S/C18H27ClN4O2/c1-22-10-3-11-23(13-18(22)6-8-20-9-7-18)17(24)21-14-4-5-16(25-2)15(19)12-14/h4-5,12,20H,3,6-11,13H2,1-2H3,(H,21,24). The fourth-order valence-electron chi connectivity index (χ4n) is 3.84. The van der Waals surface area contributed by atoms with E-state index in [1.807, 2.05) is 11.0 Å². The number of hydrogen-bond acceptors (Lipinski definition) is 4. The number of nitrogens with zero attached hydrogens (tertiary/aromatic N) is 2. The minimum absolute atomic E-state index is 0.0607. The molecule has 0 radical (unpaired) electrons. The van der Waals surface area contributed by atoms with Crippen LogP contribution in [0.2, 0.25) is 5.02 Å². The minimum Gasteiger partial charge on any atom is -0.495 e. The monoisotopic (exact) mass is 366 g/mol. The second kappa shape index (κ2) is 7.81. The highest BCUT2D eigenvalue weighted by Gasteiger charge is 2.40. The van der Waals surface area contributed by atoms with Gasteiger partial charge in [-0.2, -0.15) is 0 Å². The molecule has 1 aromatic carbocycles. The molecule has 1 aromatic rings. The third kappa shape index (κ3) is 4.02. The molecule has 138 valence electrons. The fourth-order valence-corrected chi connectivity index (χ4v) is 4.10. The Labute approximate surface area is 154 Å². The molecule has 0 atom stereocenters. The van der Waals surface area contributed by atoms with E-state index in [1.54, 1.807) is 19.2 Å². The van der Waals surface area contributed by atoms with Crippen LogP contribution in [0.5, 0.6) is 5.75 Å². The number of nitrogens with one attached hydrogen (secondary N) is 2. The Morgan fingerprint density at radius 1 is 1.32 bits per heavy atom. The maximum atomic E-state index is 12.8. The van der Waals surface area contributed by atoms with Crippen molar-refractivity contribution < 1.29 is 9.53 Å². The number of urea groups is 1. The number of piperidine rings is 1. The molecule has 2 saturated heterocycles. The fraction of sp³-hybridized carbons (Fsp3) is 0.611. The molecule has 0 saturated carbocycles. The Kier molecular flexibility index (Phi) is 5.71. The van der Waals surface area contributed by atoms with E-state index in [2.05, 4.69) is 22.6 Å². The number of carbonyl (C=O) groups excluding carboxylic acids is 1. The maximum absolute atomic E-state index is 12.8. The van der Waals surface area contributed by atoms with Gasteiger partial charge in [-0.05, 0) is 57.6 Å². The molecule has 2 heterocycles. The minimum atomic E-state index is -0.0607. The first-order valence-electron chi connectivity index (χ1n) is 8.85. The summed E-state index contributed by atoms with van der Waals surface area (Å²) in [5.74, 6) is 0.602. The summed E-state index contributed by atoms with van der Waals surface area (Å²) < 4.78 is 5.16. The van der Waals surface area contributed by atoms with Gasteiger partial charge in [-0.1, -0.05) is 11.6 Å². The Bertz CT molecular complexity index is 619. The van der Waals surface area contributed by atoms with Crippen LogP contribution in [0.4, 0.5) is 10.5 Å². The smallest absolute Gasteiger partial charge is 0.321 e. The van der Waals surface area contributed by atoms with E-state index in [1.165, 1.54) is 0 Å². The summed E-state index contributed by atoms with van der Waals surface area (Å²) in [5.41, 5.74) is 0.768. The first-order valence-corrected chi connectivity index (χ1v) is 9.23. The van der Waals surface area contributed by atoms with E-state index >= 15 is 0 Å². The average molecular weight is 367 g/mol. The number of methoxy groups -OCH3 is 1. The second-order valence-electron chi connectivity index (χ2n) is 6.95. The van der Waals surface area contributed by atoms with Crippen molar-refractivity contribution in [2.75, 3.05) is 52.2 Å². The number of ether oxygens (including phenoxy) is 1. The van der Waals surface area contributed by atoms with Gasteiger partial charge in [-0.3, -0.25) is 4.90 Å². The van der Waals surface area contributed by atoms with Crippen LogP contribution >= 0.6 is 11.6 Å². The molecule has 25 heavy (non-hydrogen) atoms. The molecule has 2 aliphatic rings. The number of anilines is 1. The van der Waals surface area contributed by atoms with Gasteiger partial charge < -0.3 is 20.3 Å². The van der Waals surface area contributed by atoms with Gasteiger partial charge in [0.1, 0.15) is 5.75 Å². The van der Waals surface area contributed by atoms with Crippen molar-refractivity contribution in [3.8, 4) is 5.75 Å². The van der Waals surface area contributed by atoms with Gasteiger partial charge in [0.05, 0.1) is 12.1 Å². The van der Waals surface area contributed by atoms with E-state index in [9.17, 15) is 4.79 Å². The van der Waals surface area contributed by atoms with Gasteiger partial charge in [0.15, 0.2) is 0 Å². The quantitative estimate of drug-likeness (QED) is 0.844. The second-order valence-corrected chi connectivity index (χ2v) is 7.36. The molecule has 0 aliphatic carbocycles. The number of benzene rings is 1. The Morgan fingerprint density at radius 2 is 2.08 bits per heavy atom. The molecule has 2 N–H and O–H groups in total. The van der Waals surface area contributed by atoms with Crippen LogP contribution in [-0.2, 0) is 0 Å². The van der Waals surface area contributed by atoms with Gasteiger partial charge in [-0.25, -0.2) is 4.79 Å². The summed E-state index contributed by atoms with van der Waals surface area (Å²) in [6, 6.07) is 5.24. The highest BCUT2D eigenvalue weighted by atomic mass is 35.5. The third-order valence-electron chi connectivity index (χ3n) is 5.44. The predicted octanol–water partition coefficient (Wildman–Crippen LogP) is 2.64. The van der Waals surface area contributed by atoms with Crippen molar-refractivity contribution in [2.24, 2.45) is 0 Å². The van der Waals surface area contributed by atoms with Crippen molar-refractivity contribution in [1.29, 1.82) is 0 Å². The zero-order valence-electron chi connectivity index (χ0n) is 15.0. The Balaban J connectivity index is 1.71. The summed E-state index contributed by atoms with van der Waals surface area (Å²) in [6.45, 7) is 4.58. The van der Waals surface area contributed by atoms with Crippen molar-refractivity contribution in [2.45, 2.75) is 24.8 Å².